The number of anilines is 1. The third kappa shape index (κ3) is 3.48. The van der Waals surface area contributed by atoms with E-state index in [0.29, 0.717) is 24.3 Å². The molecule has 0 aliphatic rings. The molecule has 0 radical (unpaired) electrons. The monoisotopic (exact) mass is 274 g/mol. The Labute approximate surface area is 118 Å². The number of methoxy groups -OCH3 is 1. The fourth-order valence-corrected chi connectivity index (χ4v) is 2.19. The number of nitrogen functional groups attached to an aromatic ring is 1. The van der Waals surface area contributed by atoms with Gasteiger partial charge in [0.1, 0.15) is 11.6 Å². The van der Waals surface area contributed by atoms with E-state index in [-0.39, 0.29) is 5.82 Å². The second-order valence-corrected chi connectivity index (χ2v) is 4.83. The molecule has 2 aromatic carbocycles. The first kappa shape index (κ1) is 14.3. The number of nitrogens with two attached hydrogens (primary N) is 1. The van der Waals surface area contributed by atoms with Crippen molar-refractivity contribution in [1.29, 1.82) is 0 Å². The molecule has 3 nitrogen and oxygen atoms in total. The first-order valence-corrected chi connectivity index (χ1v) is 6.44. The molecule has 2 rings (SSSR count). The lowest BCUT2D eigenvalue weighted by Crippen LogP contribution is -2.18. The Bertz CT molecular complexity index is 586. The topological polar surface area (TPSA) is 38.5 Å². The summed E-state index contributed by atoms with van der Waals surface area (Å²) in [6.07, 6.45) is 0. The third-order valence-corrected chi connectivity index (χ3v) is 3.14. The van der Waals surface area contributed by atoms with Crippen LogP contribution >= 0.6 is 0 Å². The molecule has 0 atom stereocenters. The lowest BCUT2D eigenvalue weighted by atomic mass is 10.1. The fraction of sp³-hybridized carbons (Fsp3) is 0.250. The number of halogens is 1. The van der Waals surface area contributed by atoms with E-state index >= 15 is 0 Å². The molecule has 0 fully saturated rings. The molecule has 0 bridgehead atoms. The van der Waals surface area contributed by atoms with Gasteiger partial charge in [-0.2, -0.15) is 0 Å². The summed E-state index contributed by atoms with van der Waals surface area (Å²) in [5, 5.41) is 0. The van der Waals surface area contributed by atoms with Crippen LogP contribution in [0.4, 0.5) is 10.1 Å². The maximum absolute atomic E-state index is 13.6. The van der Waals surface area contributed by atoms with Gasteiger partial charge in [-0.1, -0.05) is 18.2 Å². The van der Waals surface area contributed by atoms with E-state index in [1.165, 1.54) is 6.07 Å². The van der Waals surface area contributed by atoms with Gasteiger partial charge >= 0.3 is 0 Å². The Morgan fingerprint density at radius 3 is 2.50 bits per heavy atom. The summed E-state index contributed by atoms with van der Waals surface area (Å²) in [6.45, 7) is 1.17. The Hall–Kier alpha value is -2.07. The van der Waals surface area contributed by atoms with E-state index in [2.05, 4.69) is 0 Å². The van der Waals surface area contributed by atoms with Crippen molar-refractivity contribution in [1.82, 2.24) is 4.90 Å². The predicted octanol–water partition coefficient (Wildman–Crippen LogP) is 3.05. The molecule has 106 valence electrons. The SMILES string of the molecule is COc1ccc(N)cc1CN(C)Cc1ccccc1F. The van der Waals surface area contributed by atoms with Crippen LogP contribution in [0.15, 0.2) is 42.5 Å². The molecule has 20 heavy (non-hydrogen) atoms. The molecule has 0 aliphatic carbocycles. The highest BCUT2D eigenvalue weighted by Gasteiger charge is 2.09. The number of hydrogen-bond donors (Lipinski definition) is 1. The van der Waals surface area contributed by atoms with Gasteiger partial charge in [0.25, 0.3) is 0 Å². The zero-order valence-electron chi connectivity index (χ0n) is 11.8. The van der Waals surface area contributed by atoms with Gasteiger partial charge in [0.15, 0.2) is 0 Å². The molecule has 0 saturated carbocycles. The van der Waals surface area contributed by atoms with E-state index in [9.17, 15) is 4.39 Å². The molecule has 0 heterocycles. The lowest BCUT2D eigenvalue weighted by molar-refractivity contribution is 0.305. The molecule has 0 saturated heterocycles. The number of benzene rings is 2. The first-order chi connectivity index (χ1) is 9.60. The minimum atomic E-state index is -0.182. The van der Waals surface area contributed by atoms with Crippen molar-refractivity contribution in [2.45, 2.75) is 13.1 Å². The highest BCUT2D eigenvalue weighted by atomic mass is 19.1. The number of nitrogens with zero attached hydrogens (tertiary/aromatic N) is 1. The molecule has 0 unspecified atom stereocenters. The summed E-state index contributed by atoms with van der Waals surface area (Å²) >= 11 is 0. The lowest BCUT2D eigenvalue weighted by Gasteiger charge is -2.19. The van der Waals surface area contributed by atoms with E-state index in [1.807, 2.05) is 30.1 Å². The van der Waals surface area contributed by atoms with Crippen LogP contribution in [-0.4, -0.2) is 19.1 Å². The summed E-state index contributed by atoms with van der Waals surface area (Å²) < 4.78 is 18.9. The van der Waals surface area contributed by atoms with Crippen molar-refractivity contribution < 1.29 is 9.13 Å². The van der Waals surface area contributed by atoms with Crippen LogP contribution in [0, 0.1) is 5.82 Å². The molecule has 2 aromatic rings. The molecule has 0 spiro atoms. The molecule has 0 aromatic heterocycles. The molecule has 2 N–H and O–H groups in total. The Kier molecular flexibility index (Phi) is 4.58. The van der Waals surface area contributed by atoms with Gasteiger partial charge in [-0.3, -0.25) is 4.90 Å². The first-order valence-electron chi connectivity index (χ1n) is 6.44. The fourth-order valence-electron chi connectivity index (χ4n) is 2.19. The van der Waals surface area contributed by atoms with Crippen molar-refractivity contribution in [3.63, 3.8) is 0 Å². The molecular weight excluding hydrogens is 255 g/mol. The van der Waals surface area contributed by atoms with Crippen molar-refractivity contribution in [3.8, 4) is 5.75 Å². The summed E-state index contributed by atoms with van der Waals surface area (Å²) in [5.74, 6) is 0.610. The molecule has 0 amide bonds. The van der Waals surface area contributed by atoms with E-state index in [4.69, 9.17) is 10.5 Å². The summed E-state index contributed by atoms with van der Waals surface area (Å²) in [4.78, 5) is 2.02. The second-order valence-electron chi connectivity index (χ2n) is 4.83. The van der Waals surface area contributed by atoms with Crippen LogP contribution in [0.5, 0.6) is 5.75 Å². The Morgan fingerprint density at radius 1 is 1.10 bits per heavy atom. The van der Waals surface area contributed by atoms with Crippen molar-refractivity contribution in [2.24, 2.45) is 0 Å². The molecule has 4 heteroatoms. The van der Waals surface area contributed by atoms with Crippen molar-refractivity contribution >= 4 is 5.69 Å². The van der Waals surface area contributed by atoms with Crippen LogP contribution in [0.2, 0.25) is 0 Å². The van der Waals surface area contributed by atoms with Gasteiger partial charge in [0, 0.05) is 29.9 Å². The Balaban J connectivity index is 2.10. The van der Waals surface area contributed by atoms with Gasteiger partial charge in [-0.05, 0) is 31.3 Å². The molecule has 0 aliphatic heterocycles. The van der Waals surface area contributed by atoms with Gasteiger partial charge in [0.2, 0.25) is 0 Å². The van der Waals surface area contributed by atoms with E-state index < -0.39 is 0 Å². The number of rotatable bonds is 5. The minimum Gasteiger partial charge on any atom is -0.496 e. The second kappa shape index (κ2) is 6.39. The summed E-state index contributed by atoms with van der Waals surface area (Å²) in [5.41, 5.74) is 8.17. The largest absolute Gasteiger partial charge is 0.496 e. The maximum atomic E-state index is 13.6. The average Bonchev–Trinajstić information content (AvgIpc) is 2.41. The van der Waals surface area contributed by atoms with Crippen LogP contribution in [-0.2, 0) is 13.1 Å². The van der Waals surface area contributed by atoms with Crippen LogP contribution in [0.25, 0.3) is 0 Å². The summed E-state index contributed by atoms with van der Waals surface area (Å²) in [7, 11) is 3.57. The van der Waals surface area contributed by atoms with Crippen LogP contribution in [0.1, 0.15) is 11.1 Å². The van der Waals surface area contributed by atoms with Crippen LogP contribution < -0.4 is 10.5 Å². The zero-order valence-corrected chi connectivity index (χ0v) is 11.8. The third-order valence-electron chi connectivity index (χ3n) is 3.14. The van der Waals surface area contributed by atoms with Crippen molar-refractivity contribution in [3.05, 3.63) is 59.4 Å². The quantitative estimate of drug-likeness (QED) is 0.852. The number of ether oxygens (including phenoxy) is 1. The maximum Gasteiger partial charge on any atom is 0.127 e. The predicted molar refractivity (Wildman–Crippen MR) is 79.0 cm³/mol. The average molecular weight is 274 g/mol. The highest BCUT2D eigenvalue weighted by molar-refractivity contribution is 5.47. The standard InChI is InChI=1S/C16H19FN2O/c1-19(10-12-5-3-4-6-15(12)17)11-13-9-14(18)7-8-16(13)20-2/h3-9H,10-11,18H2,1-2H3. The minimum absolute atomic E-state index is 0.182. The summed E-state index contributed by atoms with van der Waals surface area (Å²) in [6, 6.07) is 12.3. The van der Waals surface area contributed by atoms with Crippen LogP contribution in [0.3, 0.4) is 0 Å². The van der Waals surface area contributed by atoms with E-state index in [1.54, 1.807) is 25.3 Å². The van der Waals surface area contributed by atoms with Gasteiger partial charge in [-0.15, -0.1) is 0 Å². The smallest absolute Gasteiger partial charge is 0.127 e. The highest BCUT2D eigenvalue weighted by Crippen LogP contribution is 2.23. The normalized spacial score (nSPS) is 10.8. The van der Waals surface area contributed by atoms with Gasteiger partial charge in [-0.25, -0.2) is 4.39 Å². The zero-order chi connectivity index (χ0) is 14.5. The number of hydrogen-bond acceptors (Lipinski definition) is 3. The van der Waals surface area contributed by atoms with Gasteiger partial charge < -0.3 is 10.5 Å². The van der Waals surface area contributed by atoms with Gasteiger partial charge in [0.05, 0.1) is 7.11 Å². The Morgan fingerprint density at radius 2 is 1.80 bits per heavy atom. The van der Waals surface area contributed by atoms with E-state index in [0.717, 1.165) is 11.3 Å². The van der Waals surface area contributed by atoms with Crippen molar-refractivity contribution in [2.75, 3.05) is 19.9 Å². The molecular formula is C16H19FN2O.